The van der Waals surface area contributed by atoms with E-state index >= 15 is 0 Å². The minimum atomic E-state index is -0.647. The van der Waals surface area contributed by atoms with E-state index in [1.165, 1.54) is 19.2 Å². The van der Waals surface area contributed by atoms with Crippen LogP contribution < -0.4 is 10.1 Å². The summed E-state index contributed by atoms with van der Waals surface area (Å²) in [6.45, 7) is -0.155. The lowest BCUT2D eigenvalue weighted by molar-refractivity contribution is 0.0509. The van der Waals surface area contributed by atoms with Gasteiger partial charge in [0.1, 0.15) is 23.2 Å². The minimum Gasteiger partial charge on any atom is -0.467 e. The highest BCUT2D eigenvalue weighted by Gasteiger charge is 2.13. The zero-order valence-electron chi connectivity index (χ0n) is 12.4. The standard InChI is InChI=1S/C16H15FN2O4/c1-22-10-23-12-4-5-13(14(17)7-12)11(9-20)8-19-16(21)15-3-2-6-18-15/h2-7,18H,8,10H2,1H3,(H,19,21). The van der Waals surface area contributed by atoms with Gasteiger partial charge in [-0.15, -0.1) is 0 Å². The van der Waals surface area contributed by atoms with E-state index in [0.29, 0.717) is 5.69 Å². The Hall–Kier alpha value is -2.89. The van der Waals surface area contributed by atoms with Gasteiger partial charge in [0.15, 0.2) is 6.79 Å². The van der Waals surface area contributed by atoms with E-state index < -0.39 is 11.7 Å². The van der Waals surface area contributed by atoms with Gasteiger partial charge >= 0.3 is 0 Å². The fourth-order valence-electron chi connectivity index (χ4n) is 1.88. The van der Waals surface area contributed by atoms with Gasteiger partial charge in [0.05, 0.1) is 12.1 Å². The second-order valence-electron chi connectivity index (χ2n) is 4.54. The minimum absolute atomic E-state index is 0.000646. The van der Waals surface area contributed by atoms with Crippen molar-refractivity contribution < 1.29 is 23.5 Å². The van der Waals surface area contributed by atoms with Gasteiger partial charge in [-0.2, -0.15) is 0 Å². The summed E-state index contributed by atoms with van der Waals surface area (Å²) in [4.78, 5) is 25.6. The summed E-state index contributed by atoms with van der Waals surface area (Å²) >= 11 is 0. The molecule has 1 heterocycles. The molecular formula is C16H15FN2O4. The molecule has 0 unspecified atom stereocenters. The number of amides is 1. The van der Waals surface area contributed by atoms with Crippen LogP contribution in [0.25, 0.3) is 5.57 Å². The normalized spacial score (nSPS) is 10.0. The molecule has 0 aliphatic carbocycles. The molecule has 1 amide bonds. The zero-order valence-corrected chi connectivity index (χ0v) is 12.4. The maximum atomic E-state index is 14.1. The van der Waals surface area contributed by atoms with Gasteiger partial charge in [-0.1, -0.05) is 0 Å². The largest absolute Gasteiger partial charge is 0.467 e. The van der Waals surface area contributed by atoms with Crippen LogP contribution in [0.4, 0.5) is 4.39 Å². The molecule has 2 rings (SSSR count). The molecule has 0 fully saturated rings. The van der Waals surface area contributed by atoms with Gasteiger partial charge in [0.2, 0.25) is 0 Å². The van der Waals surface area contributed by atoms with Crippen LogP contribution in [0.2, 0.25) is 0 Å². The Kier molecular flexibility index (Phi) is 5.68. The summed E-state index contributed by atoms with van der Waals surface area (Å²) in [5, 5.41) is 2.52. The van der Waals surface area contributed by atoms with Gasteiger partial charge in [-0.3, -0.25) is 4.79 Å². The van der Waals surface area contributed by atoms with E-state index in [2.05, 4.69) is 10.3 Å². The highest BCUT2D eigenvalue weighted by Crippen LogP contribution is 2.21. The van der Waals surface area contributed by atoms with Crippen LogP contribution in [-0.2, 0) is 9.53 Å². The van der Waals surface area contributed by atoms with Crippen molar-refractivity contribution in [1.82, 2.24) is 10.3 Å². The molecule has 0 aliphatic heterocycles. The molecule has 0 spiro atoms. The van der Waals surface area contributed by atoms with Gasteiger partial charge in [0, 0.05) is 24.9 Å². The number of carbonyl (C=O) groups excluding carboxylic acids is 2. The number of hydrogen-bond acceptors (Lipinski definition) is 4. The summed E-state index contributed by atoms with van der Waals surface area (Å²) < 4.78 is 23.9. The van der Waals surface area contributed by atoms with Crippen molar-refractivity contribution >= 4 is 17.4 Å². The van der Waals surface area contributed by atoms with E-state index in [1.807, 2.05) is 0 Å². The predicted molar refractivity (Wildman–Crippen MR) is 81.1 cm³/mol. The molecule has 1 aromatic heterocycles. The van der Waals surface area contributed by atoms with Crippen molar-refractivity contribution in [1.29, 1.82) is 0 Å². The average Bonchev–Trinajstić information content (AvgIpc) is 3.09. The lowest BCUT2D eigenvalue weighted by Gasteiger charge is -2.09. The number of halogens is 1. The Morgan fingerprint density at radius 2 is 2.22 bits per heavy atom. The summed E-state index contributed by atoms with van der Waals surface area (Å²) in [5.74, 6) is 0.884. The van der Waals surface area contributed by atoms with Gasteiger partial charge < -0.3 is 19.8 Å². The smallest absolute Gasteiger partial charge is 0.267 e. The first kappa shape index (κ1) is 16.5. The van der Waals surface area contributed by atoms with Crippen molar-refractivity contribution in [3.63, 3.8) is 0 Å². The second-order valence-corrected chi connectivity index (χ2v) is 4.54. The molecule has 23 heavy (non-hydrogen) atoms. The van der Waals surface area contributed by atoms with Gasteiger partial charge in [0.25, 0.3) is 5.91 Å². The monoisotopic (exact) mass is 318 g/mol. The maximum absolute atomic E-state index is 14.1. The summed E-state index contributed by atoms with van der Waals surface area (Å²) in [6, 6.07) is 7.29. The third kappa shape index (κ3) is 4.29. The third-order valence-electron chi connectivity index (χ3n) is 3.00. The number of ether oxygens (including phenoxy) is 2. The number of hydrogen-bond donors (Lipinski definition) is 2. The number of methoxy groups -OCH3 is 1. The molecule has 0 saturated heterocycles. The Labute approximate surface area is 131 Å². The molecule has 0 aliphatic rings. The quantitative estimate of drug-likeness (QED) is 0.602. The molecular weight excluding hydrogens is 303 g/mol. The van der Waals surface area contributed by atoms with E-state index in [4.69, 9.17) is 9.47 Å². The number of rotatable bonds is 7. The lowest BCUT2D eigenvalue weighted by atomic mass is 10.1. The lowest BCUT2D eigenvalue weighted by Crippen LogP contribution is -2.25. The number of nitrogens with one attached hydrogen (secondary N) is 2. The van der Waals surface area contributed by atoms with Crippen LogP contribution >= 0.6 is 0 Å². The number of aromatic amines is 1. The molecule has 7 heteroatoms. The topological polar surface area (TPSA) is 80.4 Å². The Bertz CT molecular complexity index is 722. The van der Waals surface area contributed by atoms with Crippen LogP contribution in [-0.4, -0.2) is 37.3 Å². The second kappa shape index (κ2) is 7.93. The van der Waals surface area contributed by atoms with E-state index in [0.717, 1.165) is 6.07 Å². The molecule has 6 nitrogen and oxygen atoms in total. The van der Waals surface area contributed by atoms with E-state index in [1.54, 1.807) is 24.3 Å². The Morgan fingerprint density at radius 1 is 1.39 bits per heavy atom. The molecule has 120 valence electrons. The van der Waals surface area contributed by atoms with Crippen LogP contribution in [0.3, 0.4) is 0 Å². The van der Waals surface area contributed by atoms with Crippen molar-refractivity contribution in [2.45, 2.75) is 0 Å². The van der Waals surface area contributed by atoms with E-state index in [-0.39, 0.29) is 30.2 Å². The molecule has 0 atom stereocenters. The highest BCUT2D eigenvalue weighted by atomic mass is 19.1. The van der Waals surface area contributed by atoms with Crippen molar-refractivity contribution in [3.05, 3.63) is 53.6 Å². The summed E-state index contributed by atoms with van der Waals surface area (Å²) in [5.41, 5.74) is 0.399. The SMILES string of the molecule is COCOc1ccc(C(=C=O)CNC(=O)c2ccc[nH]2)c(F)c1. The number of carbonyl (C=O) groups is 1. The fourth-order valence-corrected chi connectivity index (χ4v) is 1.88. The number of H-pyrrole nitrogens is 1. The van der Waals surface area contributed by atoms with Gasteiger partial charge in [-0.05, 0) is 24.3 Å². The first-order valence-electron chi connectivity index (χ1n) is 6.73. The molecule has 0 radical (unpaired) electrons. The summed E-state index contributed by atoms with van der Waals surface area (Å²) in [7, 11) is 1.45. The average molecular weight is 318 g/mol. The molecule has 2 aromatic rings. The fraction of sp³-hybridized carbons (Fsp3) is 0.188. The van der Waals surface area contributed by atoms with Crippen LogP contribution in [0.1, 0.15) is 16.1 Å². The first-order valence-corrected chi connectivity index (χ1v) is 6.73. The zero-order chi connectivity index (χ0) is 16.7. The Morgan fingerprint density at radius 3 is 2.83 bits per heavy atom. The molecule has 2 N–H and O–H groups in total. The Balaban J connectivity index is 2.06. The van der Waals surface area contributed by atoms with Gasteiger partial charge in [-0.25, -0.2) is 9.18 Å². The first-order chi connectivity index (χ1) is 11.2. The number of benzene rings is 1. The summed E-state index contributed by atoms with van der Waals surface area (Å²) in [6.07, 6.45) is 1.60. The highest BCUT2D eigenvalue weighted by molar-refractivity contribution is 5.95. The predicted octanol–water partition coefficient (Wildman–Crippen LogP) is 1.78. The molecule has 0 bridgehead atoms. The third-order valence-corrected chi connectivity index (χ3v) is 3.00. The van der Waals surface area contributed by atoms with Crippen molar-refractivity contribution in [3.8, 4) is 5.75 Å². The van der Waals surface area contributed by atoms with Crippen molar-refractivity contribution in [2.75, 3.05) is 20.4 Å². The van der Waals surface area contributed by atoms with Crippen LogP contribution in [0.5, 0.6) is 5.75 Å². The maximum Gasteiger partial charge on any atom is 0.267 e. The molecule has 0 saturated carbocycles. The van der Waals surface area contributed by atoms with E-state index in [9.17, 15) is 14.0 Å². The van der Waals surface area contributed by atoms with Crippen LogP contribution in [0.15, 0.2) is 36.5 Å². The molecule has 1 aromatic carbocycles. The van der Waals surface area contributed by atoms with Crippen molar-refractivity contribution in [2.24, 2.45) is 0 Å². The number of aromatic nitrogens is 1. The van der Waals surface area contributed by atoms with Crippen LogP contribution in [0, 0.1) is 5.82 Å².